The molecule has 0 saturated carbocycles. The average Bonchev–Trinajstić information content (AvgIpc) is 2.53. The first kappa shape index (κ1) is 11.1. The molecule has 4 nitrogen and oxygen atoms in total. The van der Waals surface area contributed by atoms with Crippen LogP contribution in [-0.2, 0) is 22.3 Å². The second kappa shape index (κ2) is 5.67. The van der Waals surface area contributed by atoms with E-state index in [0.717, 1.165) is 30.8 Å². The van der Waals surface area contributed by atoms with Crippen LogP contribution in [0.2, 0.25) is 0 Å². The van der Waals surface area contributed by atoms with Crippen molar-refractivity contribution >= 4 is 5.82 Å². The second-order valence-corrected chi connectivity index (χ2v) is 3.19. The van der Waals surface area contributed by atoms with Gasteiger partial charge in [-0.25, -0.2) is 0 Å². The summed E-state index contributed by atoms with van der Waals surface area (Å²) in [5.74, 6) is 0.744. The molecule has 0 aliphatic heterocycles. The van der Waals surface area contributed by atoms with Crippen molar-refractivity contribution in [3.05, 3.63) is 17.3 Å². The fourth-order valence-corrected chi connectivity index (χ4v) is 1.45. The fourth-order valence-electron chi connectivity index (χ4n) is 1.45. The Labute approximate surface area is 84.4 Å². The van der Waals surface area contributed by atoms with E-state index in [1.165, 1.54) is 5.56 Å². The molecule has 0 aliphatic rings. The molecular weight excluding hydrogens is 180 g/mol. The molecule has 4 heteroatoms. The summed E-state index contributed by atoms with van der Waals surface area (Å²) in [4.78, 5) is 3.02. The lowest BCUT2D eigenvalue weighted by atomic mass is 10.1. The highest BCUT2D eigenvalue weighted by Gasteiger charge is 2.07. The number of anilines is 1. The molecule has 0 unspecified atom stereocenters. The van der Waals surface area contributed by atoms with Crippen LogP contribution in [0, 0.1) is 0 Å². The molecule has 1 heterocycles. The zero-order valence-electron chi connectivity index (χ0n) is 8.80. The number of rotatable bonds is 6. The van der Waals surface area contributed by atoms with Crippen LogP contribution in [0.3, 0.4) is 0 Å². The molecule has 0 amide bonds. The minimum absolute atomic E-state index is 0.696. The Kier molecular flexibility index (Phi) is 4.49. The number of nitrogen functional groups attached to an aromatic ring is 1. The van der Waals surface area contributed by atoms with Crippen molar-refractivity contribution in [1.29, 1.82) is 0 Å². The third-order valence-corrected chi connectivity index (χ3v) is 2.25. The summed E-state index contributed by atoms with van der Waals surface area (Å²) >= 11 is 0. The van der Waals surface area contributed by atoms with Crippen molar-refractivity contribution < 1.29 is 9.47 Å². The van der Waals surface area contributed by atoms with Crippen molar-refractivity contribution in [1.82, 2.24) is 4.98 Å². The van der Waals surface area contributed by atoms with E-state index in [0.29, 0.717) is 6.61 Å². The Morgan fingerprint density at radius 2 is 1.86 bits per heavy atom. The van der Waals surface area contributed by atoms with Crippen LogP contribution in [-0.4, -0.2) is 32.4 Å². The summed E-state index contributed by atoms with van der Waals surface area (Å²) in [7, 11) is 3.39. The van der Waals surface area contributed by atoms with E-state index in [9.17, 15) is 0 Å². The molecule has 0 atom stereocenters. The lowest BCUT2D eigenvalue weighted by molar-refractivity contribution is 0.198. The lowest BCUT2D eigenvalue weighted by Crippen LogP contribution is -2.02. The van der Waals surface area contributed by atoms with E-state index in [-0.39, 0.29) is 0 Å². The van der Waals surface area contributed by atoms with Crippen molar-refractivity contribution in [3.63, 3.8) is 0 Å². The second-order valence-electron chi connectivity index (χ2n) is 3.19. The predicted octanol–water partition coefficient (Wildman–Crippen LogP) is 0.975. The molecule has 0 aliphatic carbocycles. The third-order valence-electron chi connectivity index (χ3n) is 2.25. The van der Waals surface area contributed by atoms with Gasteiger partial charge in [-0.15, -0.1) is 0 Å². The Balaban J connectivity index is 2.62. The van der Waals surface area contributed by atoms with Gasteiger partial charge in [0.15, 0.2) is 0 Å². The van der Waals surface area contributed by atoms with Gasteiger partial charge in [0.1, 0.15) is 5.82 Å². The van der Waals surface area contributed by atoms with Gasteiger partial charge >= 0.3 is 0 Å². The summed E-state index contributed by atoms with van der Waals surface area (Å²) in [6.07, 6.45) is 3.69. The molecule has 14 heavy (non-hydrogen) atoms. The molecule has 0 spiro atoms. The van der Waals surface area contributed by atoms with Gasteiger partial charge in [-0.2, -0.15) is 0 Å². The normalized spacial score (nSPS) is 10.7. The van der Waals surface area contributed by atoms with Crippen molar-refractivity contribution in [3.8, 4) is 0 Å². The fraction of sp³-hybridized carbons (Fsp3) is 0.600. The minimum atomic E-state index is 0.696. The van der Waals surface area contributed by atoms with Gasteiger partial charge in [0.25, 0.3) is 0 Å². The SMILES string of the molecule is COCCc1c[nH]c(N)c1CCOC. The molecule has 3 N–H and O–H groups in total. The number of H-pyrrole nitrogens is 1. The van der Waals surface area contributed by atoms with Gasteiger partial charge in [-0.1, -0.05) is 0 Å². The smallest absolute Gasteiger partial charge is 0.104 e. The van der Waals surface area contributed by atoms with E-state index >= 15 is 0 Å². The van der Waals surface area contributed by atoms with Crippen LogP contribution in [0.1, 0.15) is 11.1 Å². The molecule has 0 saturated heterocycles. The Bertz CT molecular complexity index is 271. The highest BCUT2D eigenvalue weighted by Crippen LogP contribution is 2.17. The summed E-state index contributed by atoms with van der Waals surface area (Å²) in [6, 6.07) is 0. The minimum Gasteiger partial charge on any atom is -0.385 e. The van der Waals surface area contributed by atoms with Gasteiger partial charge in [0, 0.05) is 20.4 Å². The van der Waals surface area contributed by atoms with E-state index in [1.807, 2.05) is 6.20 Å². The third kappa shape index (κ3) is 2.75. The van der Waals surface area contributed by atoms with E-state index in [4.69, 9.17) is 15.2 Å². The number of methoxy groups -OCH3 is 2. The first-order chi connectivity index (χ1) is 6.79. The Morgan fingerprint density at radius 3 is 2.50 bits per heavy atom. The highest BCUT2D eigenvalue weighted by molar-refractivity contribution is 5.46. The molecular formula is C10H18N2O2. The number of hydrogen-bond donors (Lipinski definition) is 2. The molecule has 0 aromatic carbocycles. The summed E-state index contributed by atoms with van der Waals surface area (Å²) in [5.41, 5.74) is 8.18. The monoisotopic (exact) mass is 198 g/mol. The molecule has 1 aromatic rings. The van der Waals surface area contributed by atoms with Crippen molar-refractivity contribution in [2.75, 3.05) is 33.2 Å². The van der Waals surface area contributed by atoms with Crippen LogP contribution in [0.4, 0.5) is 5.82 Å². The van der Waals surface area contributed by atoms with Crippen LogP contribution >= 0.6 is 0 Å². The number of nitrogens with one attached hydrogen (secondary N) is 1. The zero-order valence-corrected chi connectivity index (χ0v) is 8.80. The van der Waals surface area contributed by atoms with E-state index in [1.54, 1.807) is 14.2 Å². The molecule has 80 valence electrons. The number of nitrogens with two attached hydrogens (primary N) is 1. The molecule has 0 bridgehead atoms. The maximum Gasteiger partial charge on any atom is 0.104 e. The van der Waals surface area contributed by atoms with Gasteiger partial charge in [0.05, 0.1) is 13.2 Å². The number of ether oxygens (including phenoxy) is 2. The lowest BCUT2D eigenvalue weighted by Gasteiger charge is -2.04. The molecule has 0 radical (unpaired) electrons. The average molecular weight is 198 g/mol. The Morgan fingerprint density at radius 1 is 1.21 bits per heavy atom. The Hall–Kier alpha value is -1.00. The quantitative estimate of drug-likeness (QED) is 0.716. The van der Waals surface area contributed by atoms with Crippen LogP contribution in [0.25, 0.3) is 0 Å². The highest BCUT2D eigenvalue weighted by atomic mass is 16.5. The number of aromatic amines is 1. The maximum atomic E-state index is 5.80. The van der Waals surface area contributed by atoms with Gasteiger partial charge in [-0.05, 0) is 24.0 Å². The molecule has 1 rings (SSSR count). The molecule has 0 fully saturated rings. The summed E-state index contributed by atoms with van der Waals surface area (Å²) in [5, 5.41) is 0. The van der Waals surface area contributed by atoms with E-state index < -0.39 is 0 Å². The summed E-state index contributed by atoms with van der Waals surface area (Å²) in [6.45, 7) is 1.42. The topological polar surface area (TPSA) is 60.3 Å². The number of hydrogen-bond acceptors (Lipinski definition) is 3. The first-order valence-corrected chi connectivity index (χ1v) is 4.72. The van der Waals surface area contributed by atoms with Crippen LogP contribution < -0.4 is 5.73 Å². The van der Waals surface area contributed by atoms with Crippen molar-refractivity contribution in [2.45, 2.75) is 12.8 Å². The first-order valence-electron chi connectivity index (χ1n) is 4.72. The van der Waals surface area contributed by atoms with Gasteiger partial charge in [0.2, 0.25) is 0 Å². The van der Waals surface area contributed by atoms with E-state index in [2.05, 4.69) is 4.98 Å². The number of aromatic nitrogens is 1. The maximum absolute atomic E-state index is 5.80. The van der Waals surface area contributed by atoms with Gasteiger partial charge < -0.3 is 20.2 Å². The molecule has 1 aromatic heterocycles. The van der Waals surface area contributed by atoms with Crippen molar-refractivity contribution in [2.24, 2.45) is 0 Å². The summed E-state index contributed by atoms with van der Waals surface area (Å²) < 4.78 is 10.1. The predicted molar refractivity (Wildman–Crippen MR) is 56.4 cm³/mol. The van der Waals surface area contributed by atoms with Gasteiger partial charge in [-0.3, -0.25) is 0 Å². The standard InChI is InChI=1S/C10H18N2O2/c1-13-5-3-8-7-12-10(11)9(8)4-6-14-2/h7,12H,3-6,11H2,1-2H3. The van der Waals surface area contributed by atoms with Crippen LogP contribution in [0.15, 0.2) is 6.20 Å². The zero-order chi connectivity index (χ0) is 10.4. The van der Waals surface area contributed by atoms with Crippen LogP contribution in [0.5, 0.6) is 0 Å². The largest absolute Gasteiger partial charge is 0.385 e.